The Morgan fingerprint density at radius 2 is 0.810 bits per heavy atom. The highest BCUT2D eigenvalue weighted by molar-refractivity contribution is 6.02. The highest BCUT2D eigenvalue weighted by Crippen LogP contribution is 2.28. The lowest BCUT2D eigenvalue weighted by Crippen LogP contribution is -2.60. The van der Waals surface area contributed by atoms with Crippen LogP contribution < -0.4 is 108 Å². The molecule has 4 saturated heterocycles. The van der Waals surface area contributed by atoms with Crippen molar-refractivity contribution in [2.45, 2.75) is 283 Å². The first kappa shape index (κ1) is 115. The number of hydrogen-bond donors (Lipinski definition) is 25. The van der Waals surface area contributed by atoms with Gasteiger partial charge in [-0.15, -0.1) is 0 Å². The molecule has 19 amide bonds. The maximum Gasteiger partial charge on any atom is 0.326 e. The molecule has 142 heavy (non-hydrogen) atoms. The van der Waals surface area contributed by atoms with Gasteiger partial charge in [-0.05, 0) is 145 Å². The molecule has 0 radical (unpaired) electrons. The van der Waals surface area contributed by atoms with Crippen LogP contribution in [0.25, 0.3) is 10.9 Å². The number of imidazole rings is 1. The summed E-state index contributed by atoms with van der Waals surface area (Å²) in [5.41, 5.74) is 18.5. The number of guanidine groups is 2. The van der Waals surface area contributed by atoms with Gasteiger partial charge in [-0.2, -0.15) is 0 Å². The number of carboxylic acids is 1. The molecule has 50 nitrogen and oxygen atoms in total. The van der Waals surface area contributed by atoms with Gasteiger partial charge in [0.25, 0.3) is 0 Å². The van der Waals surface area contributed by atoms with Crippen LogP contribution in [0.2, 0.25) is 0 Å². The summed E-state index contributed by atoms with van der Waals surface area (Å²) in [6, 6.07) is -12.3. The van der Waals surface area contributed by atoms with Gasteiger partial charge in [-0.1, -0.05) is 87.4 Å². The van der Waals surface area contributed by atoms with Crippen LogP contribution in [0.1, 0.15) is 185 Å². The first-order valence-corrected chi connectivity index (χ1v) is 48.4. The first-order chi connectivity index (χ1) is 67.1. The summed E-state index contributed by atoms with van der Waals surface area (Å²) in [7, 11) is 0. The number of nitrogens with two attached hydrogens (primary N) is 3. The number of aliphatic carboxylic acids is 1. The summed E-state index contributed by atoms with van der Waals surface area (Å²) in [5.74, 6) is -18.2. The molecule has 0 aliphatic carbocycles. The molecular formula is C92H145N29O21. The molecule has 1 aromatic carbocycles. The van der Waals surface area contributed by atoms with E-state index in [0.717, 1.165) is 5.39 Å². The molecule has 7 rings (SSSR count). The number of hydrogen-bond acceptors (Lipinski definition) is 24. The van der Waals surface area contributed by atoms with Gasteiger partial charge in [0.2, 0.25) is 112 Å². The van der Waals surface area contributed by atoms with E-state index in [1.165, 1.54) is 52.9 Å². The second-order valence-corrected chi connectivity index (χ2v) is 38.1. The predicted octanol–water partition coefficient (Wildman–Crippen LogP) is -5.89. The third-order valence-corrected chi connectivity index (χ3v) is 25.0. The van der Waals surface area contributed by atoms with Crippen LogP contribution in [0.5, 0.6) is 0 Å². The molecule has 784 valence electrons. The van der Waals surface area contributed by atoms with Gasteiger partial charge in [0.15, 0.2) is 11.9 Å². The molecule has 3 aromatic rings. The molecule has 50 heteroatoms. The number of aromatic nitrogens is 3. The molecular weight excluding hydrogens is 1850 g/mol. The minimum Gasteiger partial charge on any atom is -0.480 e. The molecule has 16 atom stereocenters. The van der Waals surface area contributed by atoms with Crippen molar-refractivity contribution in [3.63, 3.8) is 0 Å². The van der Waals surface area contributed by atoms with Crippen LogP contribution in [0.15, 0.2) is 43.0 Å². The van der Waals surface area contributed by atoms with Gasteiger partial charge in [0, 0.05) is 75.4 Å². The zero-order valence-corrected chi connectivity index (χ0v) is 82.9. The smallest absolute Gasteiger partial charge is 0.326 e. The van der Waals surface area contributed by atoms with Crippen molar-refractivity contribution in [2.24, 2.45) is 46.8 Å². The van der Waals surface area contributed by atoms with Crippen LogP contribution >= 0.6 is 0 Å². The number of carbonyl (C=O) groups excluding carboxylic acids is 19. The molecule has 28 N–H and O–H groups in total. The molecule has 4 fully saturated rings. The number of H-pyrrole nitrogens is 2. The summed E-state index contributed by atoms with van der Waals surface area (Å²) in [5, 5.41) is 69.1. The number of likely N-dealkylation sites (tertiary alicyclic amines) is 4. The zero-order chi connectivity index (χ0) is 105. The van der Waals surface area contributed by atoms with Gasteiger partial charge < -0.3 is 142 Å². The maximum atomic E-state index is 15.2. The average molecular weight is 1990 g/mol. The van der Waals surface area contributed by atoms with Crippen molar-refractivity contribution < 1.29 is 101 Å². The van der Waals surface area contributed by atoms with Crippen molar-refractivity contribution in [2.75, 3.05) is 65.4 Å². The Labute approximate surface area is 823 Å². The Morgan fingerprint density at radius 3 is 1.26 bits per heavy atom. The molecule has 0 unspecified atom stereocenters. The lowest BCUT2D eigenvalue weighted by molar-refractivity contribution is -0.145. The highest BCUT2D eigenvalue weighted by atomic mass is 16.4. The Morgan fingerprint density at radius 1 is 0.408 bits per heavy atom. The van der Waals surface area contributed by atoms with Crippen molar-refractivity contribution >= 4 is 141 Å². The summed E-state index contributed by atoms with van der Waals surface area (Å²) in [4.78, 5) is 292. The first-order valence-electron chi connectivity index (χ1n) is 48.4. The van der Waals surface area contributed by atoms with E-state index in [1.807, 2.05) is 12.1 Å². The summed E-state index contributed by atoms with van der Waals surface area (Å²) in [6.07, 6.45) is 6.69. The fraction of sp³-hybridized carbons (Fsp3) is 0.641. The van der Waals surface area contributed by atoms with E-state index in [4.69, 9.17) is 28.0 Å². The monoisotopic (exact) mass is 1990 g/mol. The van der Waals surface area contributed by atoms with Crippen molar-refractivity contribution in [1.29, 1.82) is 10.8 Å². The second-order valence-electron chi connectivity index (χ2n) is 38.1. The van der Waals surface area contributed by atoms with Gasteiger partial charge in [-0.25, -0.2) is 9.78 Å². The summed E-state index contributed by atoms with van der Waals surface area (Å²) in [6.45, 7) is 19.1. The number of fused-ring (bicyclic) bond motifs is 1. The number of carboxylic acid groups (broad SMARTS) is 1. The van der Waals surface area contributed by atoms with Crippen LogP contribution in [-0.2, 0) is 109 Å². The van der Waals surface area contributed by atoms with E-state index in [2.05, 4.69) is 105 Å². The minimum absolute atomic E-state index is 0.00797. The standard InChI is InChI=1S/C92H145N29O21/c1-46(2)36-60(112-70(125)44-105-82(133)64-27-19-34-120(64)89(140)74(50(9)10)117-85(136)71(93)47(3)4)80(131)113-61(38-55-40-98-45-106-55)79(130)103-42-68(123)110-58(24-16-30-99-91(94)95)78(129)102-41-67(122)107-51(11)76(127)115-73(49(7)8)88(139)121-35-21-29-66(121)84(135)114-62(37-54-39-101-57-23-15-14-22-56(54)57)86(137)118-32-20-28-65(118)83(134)109-52(12)75(126)108-53(13)77(128)116-72(48(5)6)87(138)119-33-18-26-63(119)81(132)104-43-69(124)111-59(90(141)142)25-17-31-100-92(96)97/h14-15,22-23,39-40,45-53,58-66,71-74,101H,16-21,24-38,41-44,93H2,1-13H3,(H,98,106)(H,102,129)(H,103,130)(H,104,132)(H,105,133)(H,107,122)(H,108,126)(H,109,134)(H,110,123)(H,111,124)(H,112,125)(H,113,131)(H,114,135)(H,115,127)(H,116,128)(H,117,136)(H,141,142)(H4,94,95,99)(H4,96,97,100)/t51-,52-,53-,58-,59-,60-,61-,62-,63-,64-,65-,66-,71-,72-,73-,74-/m0/s1. The number of nitrogens with zero attached hydrogens (tertiary/aromatic N) is 5. The van der Waals surface area contributed by atoms with Crippen molar-refractivity contribution in [3.05, 3.63) is 54.2 Å². The lowest BCUT2D eigenvalue weighted by atomic mass is 9.99. The van der Waals surface area contributed by atoms with E-state index in [9.17, 15) is 96.2 Å². The summed E-state index contributed by atoms with van der Waals surface area (Å²) >= 11 is 0. The fourth-order valence-electron chi connectivity index (χ4n) is 17.0. The Bertz CT molecular complexity index is 4990. The van der Waals surface area contributed by atoms with Gasteiger partial charge in [0.1, 0.15) is 90.6 Å². The van der Waals surface area contributed by atoms with E-state index in [-0.39, 0.29) is 134 Å². The Balaban J connectivity index is 0.920. The average Bonchev–Trinajstić information content (AvgIpc) is 1.65. The van der Waals surface area contributed by atoms with Crippen LogP contribution in [-0.4, -0.2) is 332 Å². The zero-order valence-electron chi connectivity index (χ0n) is 82.9. The number of amides is 19. The SMILES string of the molecule is CC(C)C[C@H](NC(=O)CNC(=O)[C@@H]1CCCN1C(=O)[C@@H](NC(=O)[C@@H](N)C(C)C)C(C)C)C(=O)N[C@@H](Cc1c[nH]cn1)C(=O)NCC(=O)N[C@@H](CCCNC(=N)N)C(=O)NCC(=O)N[C@@H](C)C(=O)N[C@H](C(=O)N1CCC[C@H]1C(=O)N[C@@H](Cc1c[nH]c2ccccc12)C(=O)N1CCC[C@H]1C(=O)N[C@@H](C)C(=O)N[C@@H](C)C(=O)N[C@H](C(=O)N1CCC[C@H]1C(=O)NCC(=O)N[C@@H](CCCNC(=N)N)C(=O)O)C(C)C)C(C)C. The minimum atomic E-state index is -1.43. The number of aromatic amines is 2. The number of para-hydroxylation sites is 1. The van der Waals surface area contributed by atoms with Gasteiger partial charge >= 0.3 is 5.97 Å². The number of rotatable bonds is 53. The normalized spacial score (nSPS) is 18.2. The second kappa shape index (κ2) is 55.2. The molecule has 4 aliphatic rings. The maximum absolute atomic E-state index is 15.2. The topological polar surface area (TPSA) is 749 Å². The van der Waals surface area contributed by atoms with Crippen LogP contribution in [0.3, 0.4) is 0 Å². The molecule has 0 bridgehead atoms. The van der Waals surface area contributed by atoms with Gasteiger partial charge in [-0.3, -0.25) is 102 Å². The quantitative estimate of drug-likeness (QED) is 0.0142. The third kappa shape index (κ3) is 34.4. The molecule has 4 aliphatic heterocycles. The number of carbonyl (C=O) groups is 20. The molecule has 0 saturated carbocycles. The van der Waals surface area contributed by atoms with Crippen LogP contribution in [0.4, 0.5) is 0 Å². The lowest BCUT2D eigenvalue weighted by Gasteiger charge is -2.33. The van der Waals surface area contributed by atoms with Gasteiger partial charge in [0.05, 0.1) is 44.2 Å². The molecule has 0 spiro atoms. The van der Waals surface area contributed by atoms with E-state index in [1.54, 1.807) is 87.6 Å². The van der Waals surface area contributed by atoms with E-state index >= 15 is 4.79 Å². The molecule has 2 aromatic heterocycles. The Hall–Kier alpha value is -14.1. The van der Waals surface area contributed by atoms with Crippen molar-refractivity contribution in [3.8, 4) is 0 Å². The highest BCUT2D eigenvalue weighted by Gasteiger charge is 2.46. The Kier molecular flexibility index (Phi) is 44.6. The fourth-order valence-corrected chi connectivity index (χ4v) is 17.0. The van der Waals surface area contributed by atoms with E-state index < -0.39 is 259 Å². The molecule has 6 heterocycles. The predicted molar refractivity (Wildman–Crippen MR) is 516 cm³/mol. The summed E-state index contributed by atoms with van der Waals surface area (Å²) < 4.78 is 0. The van der Waals surface area contributed by atoms with Crippen molar-refractivity contribution in [1.82, 2.24) is 125 Å². The number of benzene rings is 1. The third-order valence-electron chi connectivity index (χ3n) is 25.0. The number of nitrogens with one attached hydrogen (secondary N) is 21. The van der Waals surface area contributed by atoms with Crippen LogP contribution in [0, 0.1) is 40.4 Å². The van der Waals surface area contributed by atoms with E-state index in [0.29, 0.717) is 42.5 Å². The largest absolute Gasteiger partial charge is 0.480 e.